The molecule has 0 saturated heterocycles. The average Bonchev–Trinajstić information content (AvgIpc) is 2.61. The number of ether oxygens (including phenoxy) is 2. The van der Waals surface area contributed by atoms with E-state index in [1.165, 1.54) is 12.1 Å². The van der Waals surface area contributed by atoms with Gasteiger partial charge in [-0.3, -0.25) is 0 Å². The van der Waals surface area contributed by atoms with Crippen LogP contribution in [0.15, 0.2) is 50.1 Å². The first kappa shape index (κ1) is 19.8. The Hall–Kier alpha value is -2.48. The maximum atomic E-state index is 12.6. The third-order valence-corrected chi connectivity index (χ3v) is 5.37. The molecule has 1 aromatic heterocycles. The predicted molar refractivity (Wildman–Crippen MR) is 105 cm³/mol. The van der Waals surface area contributed by atoms with Crippen molar-refractivity contribution in [3.63, 3.8) is 0 Å². The maximum absolute atomic E-state index is 12.6. The number of halogens is 4. The summed E-state index contributed by atoms with van der Waals surface area (Å²) in [6.45, 7) is 4.00. The van der Waals surface area contributed by atoms with Gasteiger partial charge in [0.25, 0.3) is 0 Å². The van der Waals surface area contributed by atoms with E-state index < -0.39 is 12.0 Å². The van der Waals surface area contributed by atoms with Crippen LogP contribution in [0.4, 0.5) is 13.2 Å². The summed E-state index contributed by atoms with van der Waals surface area (Å²) in [7, 11) is 0. The summed E-state index contributed by atoms with van der Waals surface area (Å²) in [5.74, 6) is 0.307. The number of alkyl halides is 3. The molecular weight excluding hydrogens is 453 g/mol. The van der Waals surface area contributed by atoms with E-state index in [-0.39, 0.29) is 16.9 Å². The molecule has 1 aliphatic rings. The van der Waals surface area contributed by atoms with E-state index in [2.05, 4.69) is 20.7 Å². The summed E-state index contributed by atoms with van der Waals surface area (Å²) in [5.41, 5.74) is 1.08. The first-order chi connectivity index (χ1) is 13.5. The Morgan fingerprint density at radius 2 is 1.83 bits per heavy atom. The zero-order valence-electron chi connectivity index (χ0n) is 15.5. The Labute approximate surface area is 172 Å². The van der Waals surface area contributed by atoms with Gasteiger partial charge in [-0.05, 0) is 72.4 Å². The number of aryl methyl sites for hydroxylation is 1. The third kappa shape index (κ3) is 3.99. The standard InChI is InChI=1S/C21H16BrF3O4/c1-20(2)8-7-14-17-12(10-16(22)18(14)29-20)9-15(19(26)27-17)11-3-5-13(6-4-11)28-21(23,24)25/h3-6,9-10H,7-8H2,1-2H3. The molecule has 0 radical (unpaired) electrons. The van der Waals surface area contributed by atoms with Gasteiger partial charge in [0, 0.05) is 10.9 Å². The van der Waals surface area contributed by atoms with Crippen LogP contribution in [0.1, 0.15) is 25.8 Å². The van der Waals surface area contributed by atoms with Crippen LogP contribution in [0.2, 0.25) is 0 Å². The lowest BCUT2D eigenvalue weighted by molar-refractivity contribution is -0.274. The van der Waals surface area contributed by atoms with Gasteiger partial charge in [0.2, 0.25) is 0 Å². The largest absolute Gasteiger partial charge is 0.573 e. The topological polar surface area (TPSA) is 48.7 Å². The van der Waals surface area contributed by atoms with Crippen molar-refractivity contribution in [2.45, 2.75) is 38.7 Å². The van der Waals surface area contributed by atoms with Crippen LogP contribution in [-0.4, -0.2) is 12.0 Å². The molecule has 29 heavy (non-hydrogen) atoms. The SMILES string of the molecule is CC1(C)CCc2c(c(Br)cc3cc(-c4ccc(OC(F)(F)F)cc4)c(=O)oc23)O1. The second-order valence-electron chi connectivity index (χ2n) is 7.47. The molecule has 0 spiro atoms. The van der Waals surface area contributed by atoms with Gasteiger partial charge in [0.05, 0.1) is 10.0 Å². The van der Waals surface area contributed by atoms with Crippen LogP contribution in [0.3, 0.4) is 0 Å². The Balaban J connectivity index is 1.78. The number of fused-ring (bicyclic) bond motifs is 3. The molecule has 4 rings (SSSR count). The quantitative estimate of drug-likeness (QED) is 0.418. The molecule has 0 fully saturated rings. The van der Waals surface area contributed by atoms with Gasteiger partial charge in [-0.1, -0.05) is 12.1 Å². The number of rotatable bonds is 2. The van der Waals surface area contributed by atoms with Crippen molar-refractivity contribution >= 4 is 26.9 Å². The molecule has 0 saturated carbocycles. The van der Waals surface area contributed by atoms with Crippen molar-refractivity contribution in [3.8, 4) is 22.6 Å². The summed E-state index contributed by atoms with van der Waals surface area (Å²) in [6.07, 6.45) is -3.30. The number of benzene rings is 2. The summed E-state index contributed by atoms with van der Waals surface area (Å²) in [4.78, 5) is 12.6. The zero-order valence-corrected chi connectivity index (χ0v) is 17.1. The van der Waals surface area contributed by atoms with Crippen molar-refractivity contribution in [3.05, 3.63) is 56.9 Å². The zero-order chi connectivity index (χ0) is 21.0. The monoisotopic (exact) mass is 468 g/mol. The minimum atomic E-state index is -4.77. The van der Waals surface area contributed by atoms with E-state index in [4.69, 9.17) is 9.15 Å². The van der Waals surface area contributed by atoms with Crippen molar-refractivity contribution in [2.75, 3.05) is 0 Å². The normalized spacial score (nSPS) is 15.7. The summed E-state index contributed by atoms with van der Waals surface area (Å²) < 4.78 is 53.3. The van der Waals surface area contributed by atoms with Gasteiger partial charge >= 0.3 is 12.0 Å². The Bertz CT molecular complexity index is 1150. The van der Waals surface area contributed by atoms with Gasteiger partial charge in [0.15, 0.2) is 0 Å². The average molecular weight is 469 g/mol. The van der Waals surface area contributed by atoms with Crippen LogP contribution in [-0.2, 0) is 6.42 Å². The lowest BCUT2D eigenvalue weighted by Crippen LogP contribution is -2.32. The molecule has 2 aromatic carbocycles. The van der Waals surface area contributed by atoms with Crippen molar-refractivity contribution in [1.29, 1.82) is 0 Å². The van der Waals surface area contributed by atoms with E-state index in [0.717, 1.165) is 28.6 Å². The second kappa shape index (κ2) is 6.79. The van der Waals surface area contributed by atoms with Gasteiger partial charge in [-0.2, -0.15) is 0 Å². The summed E-state index contributed by atoms with van der Waals surface area (Å²) >= 11 is 3.52. The lowest BCUT2D eigenvalue weighted by Gasteiger charge is -2.33. The van der Waals surface area contributed by atoms with Gasteiger partial charge in [-0.15, -0.1) is 13.2 Å². The minimum absolute atomic E-state index is 0.250. The second-order valence-corrected chi connectivity index (χ2v) is 8.32. The van der Waals surface area contributed by atoms with E-state index >= 15 is 0 Å². The van der Waals surface area contributed by atoms with Crippen LogP contribution < -0.4 is 15.1 Å². The van der Waals surface area contributed by atoms with Gasteiger partial charge in [0.1, 0.15) is 22.7 Å². The molecular formula is C21H16BrF3O4. The highest BCUT2D eigenvalue weighted by Crippen LogP contribution is 2.43. The number of hydrogen-bond donors (Lipinski definition) is 0. The molecule has 0 atom stereocenters. The fourth-order valence-corrected chi connectivity index (χ4v) is 3.97. The first-order valence-corrected chi connectivity index (χ1v) is 9.66. The minimum Gasteiger partial charge on any atom is -0.486 e. The highest BCUT2D eigenvalue weighted by atomic mass is 79.9. The summed E-state index contributed by atoms with van der Waals surface area (Å²) in [5, 5.41) is 0.698. The van der Waals surface area contributed by atoms with Crippen LogP contribution in [0.25, 0.3) is 22.1 Å². The molecule has 0 bridgehead atoms. The van der Waals surface area contributed by atoms with Crippen molar-refractivity contribution in [1.82, 2.24) is 0 Å². The smallest absolute Gasteiger partial charge is 0.486 e. The molecule has 4 nitrogen and oxygen atoms in total. The van der Waals surface area contributed by atoms with Gasteiger partial charge < -0.3 is 13.9 Å². The van der Waals surface area contributed by atoms with E-state index in [0.29, 0.717) is 28.7 Å². The lowest BCUT2D eigenvalue weighted by atomic mass is 9.93. The Kier molecular flexibility index (Phi) is 4.64. The highest BCUT2D eigenvalue weighted by Gasteiger charge is 2.32. The van der Waals surface area contributed by atoms with Crippen molar-refractivity contribution in [2.24, 2.45) is 0 Å². The third-order valence-electron chi connectivity index (χ3n) is 4.78. The molecule has 8 heteroatoms. The molecule has 0 N–H and O–H groups in total. The van der Waals surface area contributed by atoms with Gasteiger partial charge in [-0.25, -0.2) is 4.79 Å². The highest BCUT2D eigenvalue weighted by molar-refractivity contribution is 9.10. The molecule has 0 unspecified atom stereocenters. The molecule has 152 valence electrons. The fraction of sp³-hybridized carbons (Fsp3) is 0.286. The molecule has 0 aliphatic carbocycles. The molecule has 0 amide bonds. The van der Waals surface area contributed by atoms with E-state index in [1.807, 2.05) is 19.9 Å². The first-order valence-electron chi connectivity index (χ1n) is 8.87. The van der Waals surface area contributed by atoms with Crippen molar-refractivity contribution < 1.29 is 27.1 Å². The van der Waals surface area contributed by atoms with Crippen LogP contribution in [0, 0.1) is 0 Å². The molecule has 1 aliphatic heterocycles. The molecule has 3 aromatic rings. The fourth-order valence-electron chi connectivity index (χ4n) is 3.41. The Morgan fingerprint density at radius 1 is 1.14 bits per heavy atom. The van der Waals surface area contributed by atoms with E-state index in [1.54, 1.807) is 6.07 Å². The van der Waals surface area contributed by atoms with Crippen LogP contribution in [0.5, 0.6) is 11.5 Å². The number of hydrogen-bond acceptors (Lipinski definition) is 4. The predicted octanol–water partition coefficient (Wildman–Crippen LogP) is 6.22. The van der Waals surface area contributed by atoms with E-state index in [9.17, 15) is 18.0 Å². The summed E-state index contributed by atoms with van der Waals surface area (Å²) in [6, 6.07) is 8.57. The Morgan fingerprint density at radius 3 is 2.48 bits per heavy atom. The van der Waals surface area contributed by atoms with Crippen LogP contribution >= 0.6 is 15.9 Å². The maximum Gasteiger partial charge on any atom is 0.573 e. The molecule has 2 heterocycles.